The summed E-state index contributed by atoms with van der Waals surface area (Å²) in [7, 11) is 0. The monoisotopic (exact) mass is 516 g/mol. The van der Waals surface area contributed by atoms with Crippen molar-refractivity contribution >= 4 is 11.1 Å². The molecule has 0 nitrogen and oxygen atoms in total. The summed E-state index contributed by atoms with van der Waals surface area (Å²) in [4.78, 5) is 0. The Hall–Kier alpha value is -3.90. The number of hydrogen-bond donors (Lipinski definition) is 0. The molecular formula is C40H36. The molecule has 7 aliphatic carbocycles. The number of hydrogen-bond acceptors (Lipinski definition) is 0. The van der Waals surface area contributed by atoms with Crippen LogP contribution in [0.25, 0.3) is 11.1 Å². The van der Waals surface area contributed by atoms with E-state index in [-0.39, 0.29) is 0 Å². The van der Waals surface area contributed by atoms with Gasteiger partial charge < -0.3 is 0 Å². The van der Waals surface area contributed by atoms with E-state index in [0.29, 0.717) is 29.6 Å². The van der Waals surface area contributed by atoms with Crippen molar-refractivity contribution in [1.82, 2.24) is 0 Å². The van der Waals surface area contributed by atoms with Crippen LogP contribution in [0.3, 0.4) is 0 Å². The van der Waals surface area contributed by atoms with E-state index in [1.807, 2.05) is 0 Å². The Bertz CT molecular complexity index is 1730. The largest absolute Gasteiger partial charge is 0.0842 e. The minimum Gasteiger partial charge on any atom is -0.0842 e. The Balaban J connectivity index is 1.25. The lowest BCUT2D eigenvalue weighted by molar-refractivity contribution is 0.551. The molecule has 0 bridgehead atoms. The zero-order valence-corrected chi connectivity index (χ0v) is 23.0. The second kappa shape index (κ2) is 9.93. The summed E-state index contributed by atoms with van der Waals surface area (Å²) < 4.78 is 0. The number of rotatable bonds is 3. The fourth-order valence-electron chi connectivity index (χ4n) is 8.15. The third kappa shape index (κ3) is 3.96. The summed E-state index contributed by atoms with van der Waals surface area (Å²) >= 11 is 0. The van der Waals surface area contributed by atoms with E-state index in [4.69, 9.17) is 0 Å². The van der Waals surface area contributed by atoms with Gasteiger partial charge in [0.2, 0.25) is 0 Å². The molecule has 0 spiro atoms. The first kappa shape index (κ1) is 23.9. The van der Waals surface area contributed by atoms with Crippen LogP contribution >= 0.6 is 0 Å². The Morgan fingerprint density at radius 2 is 1.23 bits per heavy atom. The molecule has 0 N–H and O–H groups in total. The first-order valence-electron chi connectivity index (χ1n) is 15.2. The van der Waals surface area contributed by atoms with Crippen molar-refractivity contribution < 1.29 is 0 Å². The predicted octanol–water partition coefficient (Wildman–Crippen LogP) is 8.08. The molecule has 0 heterocycles. The fourth-order valence-corrected chi connectivity index (χ4v) is 8.15. The van der Waals surface area contributed by atoms with Gasteiger partial charge in [-0.1, -0.05) is 128 Å². The van der Waals surface area contributed by atoms with Gasteiger partial charge in [-0.05, 0) is 87.5 Å². The van der Waals surface area contributed by atoms with Gasteiger partial charge in [-0.2, -0.15) is 0 Å². The van der Waals surface area contributed by atoms with Gasteiger partial charge >= 0.3 is 0 Å². The van der Waals surface area contributed by atoms with Crippen LogP contribution in [0.4, 0.5) is 0 Å². The first-order valence-corrected chi connectivity index (χ1v) is 15.2. The average molecular weight is 517 g/mol. The van der Waals surface area contributed by atoms with Gasteiger partial charge in [0.25, 0.3) is 0 Å². The summed E-state index contributed by atoms with van der Waals surface area (Å²) in [5.41, 5.74) is 10.7. The summed E-state index contributed by atoms with van der Waals surface area (Å²) in [6.45, 7) is 0. The van der Waals surface area contributed by atoms with E-state index in [9.17, 15) is 0 Å². The summed E-state index contributed by atoms with van der Waals surface area (Å²) in [5.74, 6) is 2.42. The zero-order valence-electron chi connectivity index (χ0n) is 23.0. The van der Waals surface area contributed by atoms with Gasteiger partial charge in [-0.3, -0.25) is 0 Å². The third-order valence-electron chi connectivity index (χ3n) is 10.1. The van der Waals surface area contributed by atoms with Crippen LogP contribution in [-0.4, -0.2) is 0 Å². The molecule has 0 saturated heterocycles. The molecule has 0 heteroatoms. The van der Waals surface area contributed by atoms with E-state index in [1.54, 1.807) is 16.7 Å². The lowest BCUT2D eigenvalue weighted by Gasteiger charge is -2.37. The maximum Gasteiger partial charge on any atom is 0.0134 e. The van der Waals surface area contributed by atoms with E-state index in [1.165, 1.54) is 52.0 Å². The van der Waals surface area contributed by atoms with Gasteiger partial charge in [0.05, 0.1) is 0 Å². The maximum absolute atomic E-state index is 2.48. The molecule has 0 aliphatic heterocycles. The van der Waals surface area contributed by atoms with Gasteiger partial charge in [0.1, 0.15) is 0 Å². The fraction of sp³-hybridized carbons (Fsp3) is 0.250. The summed E-state index contributed by atoms with van der Waals surface area (Å²) in [6.07, 6.45) is 45.9. The van der Waals surface area contributed by atoms with E-state index in [2.05, 4.69) is 128 Å². The lowest BCUT2D eigenvalue weighted by atomic mass is 9.66. The standard InChI is InChI=1S/C40H36/c1-2-12-31-26-32(25-20-27(31)10-1)40-37-17-7-5-15-35(37)39(36-16-6-8-18-38(36)40)30-23-21-29(22-24-30)34-19-9-13-28-11-3-4-14-33(28)34/h1,3-11,13-21,23,25,28,31,33,35,37H,2,12,22,24,26H2. The van der Waals surface area contributed by atoms with Crippen LogP contribution in [0, 0.1) is 29.6 Å². The molecule has 7 aliphatic rings. The molecule has 0 saturated carbocycles. The molecule has 196 valence electrons. The topological polar surface area (TPSA) is 0 Å². The average Bonchev–Trinajstić information content (AvgIpc) is 3.03. The highest BCUT2D eigenvalue weighted by Crippen LogP contribution is 2.46. The molecule has 0 radical (unpaired) electrons. The first-order chi connectivity index (χ1) is 19.8. The van der Waals surface area contributed by atoms with Crippen molar-refractivity contribution in [2.24, 2.45) is 29.6 Å². The van der Waals surface area contributed by atoms with Crippen LogP contribution in [0.15, 0.2) is 155 Å². The van der Waals surface area contributed by atoms with Crippen LogP contribution in [0.1, 0.15) is 32.1 Å². The molecule has 40 heavy (non-hydrogen) atoms. The SMILES string of the molecule is C1=CC2C=CC=C(C3=CC=C(C4=c5ccccc5=C(C5=CC=C6C=CCCC6C5)C5C=CC=CC45)CC3)C2C=C1. The third-order valence-corrected chi connectivity index (χ3v) is 10.1. The second-order valence-electron chi connectivity index (χ2n) is 12.2. The van der Waals surface area contributed by atoms with Crippen LogP contribution < -0.4 is 10.4 Å². The number of fused-ring (bicyclic) bond motifs is 4. The Morgan fingerprint density at radius 1 is 0.575 bits per heavy atom. The second-order valence-corrected chi connectivity index (χ2v) is 12.2. The number of allylic oxidation sites excluding steroid dienone is 22. The maximum atomic E-state index is 2.48. The van der Waals surface area contributed by atoms with Crippen molar-refractivity contribution in [3.05, 3.63) is 166 Å². The van der Waals surface area contributed by atoms with Gasteiger partial charge in [-0.25, -0.2) is 0 Å². The van der Waals surface area contributed by atoms with Crippen molar-refractivity contribution in [3.63, 3.8) is 0 Å². The molecule has 0 amide bonds. The lowest BCUT2D eigenvalue weighted by Crippen LogP contribution is -2.41. The Labute approximate surface area is 238 Å². The molecule has 0 fully saturated rings. The molecule has 8 rings (SSSR count). The predicted molar refractivity (Wildman–Crippen MR) is 168 cm³/mol. The van der Waals surface area contributed by atoms with Crippen molar-refractivity contribution in [2.45, 2.75) is 32.1 Å². The normalized spacial score (nSPS) is 31.3. The van der Waals surface area contributed by atoms with Crippen LogP contribution in [-0.2, 0) is 0 Å². The Kier molecular flexibility index (Phi) is 5.95. The zero-order chi connectivity index (χ0) is 26.5. The van der Waals surface area contributed by atoms with Crippen molar-refractivity contribution in [2.75, 3.05) is 0 Å². The summed E-state index contributed by atoms with van der Waals surface area (Å²) in [5, 5.41) is 2.90. The minimum atomic E-state index is 0.390. The van der Waals surface area contributed by atoms with E-state index >= 15 is 0 Å². The van der Waals surface area contributed by atoms with Gasteiger partial charge in [-0.15, -0.1) is 0 Å². The highest BCUT2D eigenvalue weighted by atomic mass is 14.4. The van der Waals surface area contributed by atoms with E-state index in [0.717, 1.165) is 12.8 Å². The number of benzene rings is 1. The molecule has 1 aromatic rings. The van der Waals surface area contributed by atoms with E-state index < -0.39 is 0 Å². The summed E-state index contributed by atoms with van der Waals surface area (Å²) in [6, 6.07) is 9.26. The minimum absolute atomic E-state index is 0.390. The smallest absolute Gasteiger partial charge is 0.0134 e. The Morgan fingerprint density at radius 3 is 2.00 bits per heavy atom. The van der Waals surface area contributed by atoms with Crippen LogP contribution in [0.2, 0.25) is 0 Å². The molecular weight excluding hydrogens is 480 g/mol. The highest BCUT2D eigenvalue weighted by molar-refractivity contribution is 5.81. The highest BCUT2D eigenvalue weighted by Gasteiger charge is 2.35. The quantitative estimate of drug-likeness (QED) is 0.381. The van der Waals surface area contributed by atoms with Crippen molar-refractivity contribution in [3.8, 4) is 0 Å². The molecule has 1 aromatic carbocycles. The van der Waals surface area contributed by atoms with Gasteiger partial charge in [0, 0.05) is 23.7 Å². The van der Waals surface area contributed by atoms with Gasteiger partial charge in [0.15, 0.2) is 0 Å². The molecule has 5 unspecified atom stereocenters. The molecule has 0 aromatic heterocycles. The molecule has 5 atom stereocenters. The van der Waals surface area contributed by atoms with Crippen molar-refractivity contribution in [1.29, 1.82) is 0 Å². The van der Waals surface area contributed by atoms with Crippen LogP contribution in [0.5, 0.6) is 0 Å².